The summed E-state index contributed by atoms with van der Waals surface area (Å²) in [7, 11) is 0. The van der Waals surface area contributed by atoms with Crippen LogP contribution in [0.4, 0.5) is 0 Å². The monoisotopic (exact) mass is 388 g/mol. The van der Waals surface area contributed by atoms with Crippen LogP contribution in [0.1, 0.15) is 19.9 Å². The molecule has 0 aromatic carbocycles. The average molecular weight is 389 g/mol. The van der Waals surface area contributed by atoms with Gasteiger partial charge in [-0.15, -0.1) is 0 Å². The highest BCUT2D eigenvalue weighted by atomic mass is 127. The fourth-order valence-electron chi connectivity index (χ4n) is 1.99. The van der Waals surface area contributed by atoms with Crippen molar-refractivity contribution < 1.29 is 4.52 Å². The minimum absolute atomic E-state index is 0.222. The Morgan fingerprint density at radius 2 is 2.16 bits per heavy atom. The Hall–Kier alpha value is -1.15. The second kappa shape index (κ2) is 4.75. The molecule has 7 heteroatoms. The molecule has 0 unspecified atom stereocenters. The van der Waals surface area contributed by atoms with Crippen LogP contribution >= 0.6 is 34.2 Å². The fraction of sp³-hybridized carbons (Fsp3) is 0.250. The Labute approximate surface area is 128 Å². The van der Waals surface area contributed by atoms with Crippen molar-refractivity contribution in [3.8, 4) is 11.4 Å². The molecule has 3 heterocycles. The van der Waals surface area contributed by atoms with Crippen LogP contribution in [0, 0.1) is 3.57 Å². The normalized spacial score (nSPS) is 11.6. The number of rotatable bonds is 2. The quantitative estimate of drug-likeness (QED) is 0.493. The summed E-state index contributed by atoms with van der Waals surface area (Å²) in [6.07, 6.45) is 3.27. The van der Waals surface area contributed by atoms with Crippen LogP contribution in [-0.2, 0) is 0 Å². The molecule has 0 saturated heterocycles. The molecule has 0 aliphatic carbocycles. The maximum Gasteiger partial charge on any atom is 0.148 e. The van der Waals surface area contributed by atoms with E-state index in [2.05, 4.69) is 51.7 Å². The Bertz CT molecular complexity index is 749. The van der Waals surface area contributed by atoms with Crippen LogP contribution in [0.3, 0.4) is 0 Å². The molecule has 0 atom stereocenters. The van der Waals surface area contributed by atoms with Gasteiger partial charge in [0, 0.05) is 12.2 Å². The molecule has 3 rings (SSSR count). The Kier molecular flexibility index (Phi) is 3.22. The number of nitrogens with zero attached hydrogens (tertiary/aromatic N) is 4. The van der Waals surface area contributed by atoms with E-state index in [0.29, 0.717) is 16.5 Å². The van der Waals surface area contributed by atoms with Gasteiger partial charge in [-0.1, -0.05) is 16.8 Å². The molecule has 0 amide bonds. The molecular weight excluding hydrogens is 379 g/mol. The van der Waals surface area contributed by atoms with E-state index >= 15 is 0 Å². The molecule has 0 saturated carbocycles. The summed E-state index contributed by atoms with van der Waals surface area (Å²) in [6, 6.07) is 2.13. The topological polar surface area (TPSA) is 56.7 Å². The predicted molar refractivity (Wildman–Crippen MR) is 81.1 cm³/mol. The maximum atomic E-state index is 6.22. The van der Waals surface area contributed by atoms with Gasteiger partial charge in [0.15, 0.2) is 0 Å². The summed E-state index contributed by atoms with van der Waals surface area (Å²) in [5, 5.41) is 9.86. The van der Waals surface area contributed by atoms with E-state index in [0.717, 1.165) is 14.5 Å². The molecule has 3 aromatic rings. The Morgan fingerprint density at radius 1 is 1.37 bits per heavy atom. The summed E-state index contributed by atoms with van der Waals surface area (Å²) in [6.45, 7) is 4.14. The number of fused-ring (bicyclic) bond motifs is 1. The highest BCUT2D eigenvalue weighted by Crippen LogP contribution is 2.34. The van der Waals surface area contributed by atoms with E-state index in [-0.39, 0.29) is 6.04 Å². The smallest absolute Gasteiger partial charge is 0.148 e. The third kappa shape index (κ3) is 2.02. The second-order valence-corrected chi connectivity index (χ2v) is 5.91. The third-order valence-corrected chi connectivity index (χ3v) is 3.87. The summed E-state index contributed by atoms with van der Waals surface area (Å²) in [4.78, 5) is 4.13. The van der Waals surface area contributed by atoms with Crippen molar-refractivity contribution >= 4 is 45.1 Å². The van der Waals surface area contributed by atoms with E-state index in [1.54, 1.807) is 12.5 Å². The molecule has 0 radical (unpaired) electrons. The van der Waals surface area contributed by atoms with Crippen LogP contribution in [0.5, 0.6) is 0 Å². The van der Waals surface area contributed by atoms with Crippen molar-refractivity contribution in [3.05, 3.63) is 27.2 Å². The highest BCUT2D eigenvalue weighted by Gasteiger charge is 2.21. The van der Waals surface area contributed by atoms with Gasteiger partial charge in [0.25, 0.3) is 0 Å². The Morgan fingerprint density at radius 3 is 2.79 bits per heavy atom. The van der Waals surface area contributed by atoms with E-state index in [1.165, 1.54) is 0 Å². The summed E-state index contributed by atoms with van der Waals surface area (Å²) >= 11 is 8.39. The highest BCUT2D eigenvalue weighted by molar-refractivity contribution is 14.1. The first kappa shape index (κ1) is 12.9. The lowest BCUT2D eigenvalue weighted by atomic mass is 10.2. The molecule has 0 aliphatic rings. The zero-order valence-electron chi connectivity index (χ0n) is 10.3. The van der Waals surface area contributed by atoms with Gasteiger partial charge in [-0.25, -0.2) is 4.98 Å². The van der Waals surface area contributed by atoms with Gasteiger partial charge < -0.3 is 4.52 Å². The summed E-state index contributed by atoms with van der Waals surface area (Å²) in [5.74, 6) is 0. The summed E-state index contributed by atoms with van der Waals surface area (Å²) < 4.78 is 7.80. The SMILES string of the molecule is CC(C)n1nc(-c2nocc2I)c2c(Cl)nccc21. The van der Waals surface area contributed by atoms with E-state index in [4.69, 9.17) is 16.1 Å². The number of hydrogen-bond donors (Lipinski definition) is 0. The lowest BCUT2D eigenvalue weighted by Gasteiger charge is -2.06. The van der Waals surface area contributed by atoms with Crippen molar-refractivity contribution in [1.29, 1.82) is 0 Å². The van der Waals surface area contributed by atoms with Crippen LogP contribution < -0.4 is 0 Å². The molecule has 0 bridgehead atoms. The lowest BCUT2D eigenvalue weighted by molar-refractivity contribution is 0.421. The lowest BCUT2D eigenvalue weighted by Crippen LogP contribution is -2.02. The zero-order chi connectivity index (χ0) is 13.6. The standard InChI is InChI=1S/C12H10ClIN4O/c1-6(2)18-8-3-4-15-12(13)9(8)11(16-18)10-7(14)5-19-17-10/h3-6H,1-2H3. The van der Waals surface area contributed by atoms with Crippen LogP contribution in [0.15, 0.2) is 23.0 Å². The van der Waals surface area contributed by atoms with Crippen molar-refractivity contribution in [2.45, 2.75) is 19.9 Å². The zero-order valence-corrected chi connectivity index (χ0v) is 13.2. The van der Waals surface area contributed by atoms with Crippen molar-refractivity contribution in [2.24, 2.45) is 0 Å². The predicted octanol–water partition coefficient (Wildman–Crippen LogP) is 3.93. The minimum atomic E-state index is 0.222. The van der Waals surface area contributed by atoms with Gasteiger partial charge >= 0.3 is 0 Å². The largest absolute Gasteiger partial charge is 0.363 e. The maximum absolute atomic E-state index is 6.22. The second-order valence-electron chi connectivity index (χ2n) is 4.39. The van der Waals surface area contributed by atoms with Gasteiger partial charge in [-0.2, -0.15) is 5.10 Å². The molecule has 0 N–H and O–H groups in total. The average Bonchev–Trinajstić information content (AvgIpc) is 2.93. The molecule has 0 spiro atoms. The first-order chi connectivity index (χ1) is 9.09. The van der Waals surface area contributed by atoms with Crippen molar-refractivity contribution in [1.82, 2.24) is 19.9 Å². The first-order valence-electron chi connectivity index (χ1n) is 5.72. The van der Waals surface area contributed by atoms with E-state index < -0.39 is 0 Å². The number of halogens is 2. The minimum Gasteiger partial charge on any atom is -0.363 e. The van der Waals surface area contributed by atoms with Crippen molar-refractivity contribution in [3.63, 3.8) is 0 Å². The molecule has 98 valence electrons. The molecule has 5 nitrogen and oxygen atoms in total. The molecule has 0 fully saturated rings. The molecular formula is C12H10ClIN4O. The van der Waals surface area contributed by atoms with Crippen LogP contribution in [-0.4, -0.2) is 19.9 Å². The van der Waals surface area contributed by atoms with Gasteiger partial charge in [-0.05, 0) is 42.5 Å². The molecule has 0 aliphatic heterocycles. The molecule has 19 heavy (non-hydrogen) atoms. The van der Waals surface area contributed by atoms with Gasteiger partial charge in [0.05, 0.1) is 14.5 Å². The van der Waals surface area contributed by atoms with Gasteiger partial charge in [-0.3, -0.25) is 4.68 Å². The Balaban J connectivity index is 2.40. The third-order valence-electron chi connectivity index (χ3n) is 2.81. The van der Waals surface area contributed by atoms with Gasteiger partial charge in [0.2, 0.25) is 0 Å². The van der Waals surface area contributed by atoms with Crippen LogP contribution in [0.25, 0.3) is 22.3 Å². The summed E-state index contributed by atoms with van der Waals surface area (Å²) in [5.41, 5.74) is 2.35. The van der Waals surface area contributed by atoms with Crippen LogP contribution in [0.2, 0.25) is 5.15 Å². The molecule has 3 aromatic heterocycles. The fourth-order valence-corrected chi connectivity index (χ4v) is 2.70. The van der Waals surface area contributed by atoms with E-state index in [1.807, 2.05) is 10.7 Å². The van der Waals surface area contributed by atoms with Gasteiger partial charge in [0.1, 0.15) is 22.8 Å². The number of aromatic nitrogens is 4. The number of hydrogen-bond acceptors (Lipinski definition) is 4. The number of pyridine rings is 1. The van der Waals surface area contributed by atoms with Crippen molar-refractivity contribution in [2.75, 3.05) is 0 Å². The van der Waals surface area contributed by atoms with E-state index in [9.17, 15) is 0 Å². The first-order valence-corrected chi connectivity index (χ1v) is 7.18.